The number of imidazole rings is 1. The number of benzene rings is 1. The van der Waals surface area contributed by atoms with Gasteiger partial charge in [-0.25, -0.2) is 15.0 Å². The third-order valence-electron chi connectivity index (χ3n) is 5.10. The maximum Gasteiger partial charge on any atom is 0.224 e. The molecule has 0 saturated carbocycles. The highest BCUT2D eigenvalue weighted by Crippen LogP contribution is 2.39. The SMILES string of the molecule is CC(=O)N1c2ccc(-n3cnc(C)c3)cc2[C@H](Nc2ncc(C)cn2)C[C@@H]1C. The highest BCUT2D eigenvalue weighted by Gasteiger charge is 2.33. The minimum Gasteiger partial charge on any atom is -0.347 e. The molecule has 1 N–H and O–H groups in total. The Labute approximate surface area is 164 Å². The average molecular weight is 376 g/mol. The van der Waals surface area contributed by atoms with Gasteiger partial charge >= 0.3 is 0 Å². The Hall–Kier alpha value is -3.22. The van der Waals surface area contributed by atoms with Crippen molar-refractivity contribution >= 4 is 17.5 Å². The molecular formula is C21H24N6O. The van der Waals surface area contributed by atoms with Gasteiger partial charge in [0.2, 0.25) is 11.9 Å². The topological polar surface area (TPSA) is 75.9 Å². The standard InChI is InChI=1S/C21H24N6O/c1-13-9-22-21(23-10-13)25-19-7-15(3)27(16(4)28)20-6-5-17(8-18(19)20)26-11-14(2)24-12-26/h5-6,8-12,15,19H,7H2,1-4H3,(H,22,23,25)/t15-,19+/m0/s1. The second-order valence-electron chi connectivity index (χ2n) is 7.42. The lowest BCUT2D eigenvalue weighted by Crippen LogP contribution is -2.43. The summed E-state index contributed by atoms with van der Waals surface area (Å²) >= 11 is 0. The zero-order chi connectivity index (χ0) is 19.8. The van der Waals surface area contributed by atoms with Crippen molar-refractivity contribution in [3.8, 4) is 5.69 Å². The summed E-state index contributed by atoms with van der Waals surface area (Å²) in [6.45, 7) is 7.62. The smallest absolute Gasteiger partial charge is 0.224 e. The van der Waals surface area contributed by atoms with Crippen LogP contribution in [0.3, 0.4) is 0 Å². The number of hydrogen-bond acceptors (Lipinski definition) is 5. The second kappa shape index (κ2) is 7.07. The van der Waals surface area contributed by atoms with Crippen molar-refractivity contribution in [3.05, 3.63) is 59.9 Å². The van der Waals surface area contributed by atoms with Gasteiger partial charge in [-0.15, -0.1) is 0 Å². The summed E-state index contributed by atoms with van der Waals surface area (Å²) in [5.74, 6) is 0.638. The predicted octanol–water partition coefficient (Wildman–Crippen LogP) is 3.58. The van der Waals surface area contributed by atoms with Crippen molar-refractivity contribution in [1.82, 2.24) is 19.5 Å². The summed E-state index contributed by atoms with van der Waals surface area (Å²) < 4.78 is 1.99. The van der Waals surface area contributed by atoms with E-state index in [1.165, 1.54) is 0 Å². The molecule has 0 saturated heterocycles. The summed E-state index contributed by atoms with van der Waals surface area (Å²) in [7, 11) is 0. The van der Waals surface area contributed by atoms with Crippen LogP contribution in [0.4, 0.5) is 11.6 Å². The van der Waals surface area contributed by atoms with Gasteiger partial charge in [0.1, 0.15) is 0 Å². The molecule has 0 bridgehead atoms. The molecule has 1 aromatic carbocycles. The molecule has 7 nitrogen and oxygen atoms in total. The van der Waals surface area contributed by atoms with Crippen LogP contribution in [-0.4, -0.2) is 31.5 Å². The highest BCUT2D eigenvalue weighted by atomic mass is 16.2. The molecule has 1 aliphatic heterocycles. The third-order valence-corrected chi connectivity index (χ3v) is 5.10. The van der Waals surface area contributed by atoms with Crippen molar-refractivity contribution in [1.29, 1.82) is 0 Å². The molecule has 144 valence electrons. The first-order valence-corrected chi connectivity index (χ1v) is 9.42. The number of fused-ring (bicyclic) bond motifs is 1. The van der Waals surface area contributed by atoms with Crippen LogP contribution < -0.4 is 10.2 Å². The highest BCUT2D eigenvalue weighted by molar-refractivity contribution is 5.94. The average Bonchev–Trinajstić information content (AvgIpc) is 3.09. The Kier molecular flexibility index (Phi) is 4.58. The van der Waals surface area contributed by atoms with Crippen LogP contribution in [0.5, 0.6) is 0 Å². The lowest BCUT2D eigenvalue weighted by molar-refractivity contribution is -0.117. The molecule has 0 aliphatic carbocycles. The van der Waals surface area contributed by atoms with Crippen molar-refractivity contribution in [2.45, 2.75) is 46.2 Å². The van der Waals surface area contributed by atoms with Gasteiger partial charge in [0.25, 0.3) is 0 Å². The fourth-order valence-corrected chi connectivity index (χ4v) is 3.81. The molecule has 2 atom stereocenters. The fraction of sp³-hybridized carbons (Fsp3) is 0.333. The molecule has 0 radical (unpaired) electrons. The molecule has 0 fully saturated rings. The normalized spacial score (nSPS) is 18.6. The molecule has 4 rings (SSSR count). The van der Waals surface area contributed by atoms with Gasteiger partial charge in [0.15, 0.2) is 0 Å². The number of amides is 1. The number of nitrogens with zero attached hydrogens (tertiary/aromatic N) is 5. The molecule has 7 heteroatoms. The van der Waals surface area contributed by atoms with Crippen molar-refractivity contribution in [3.63, 3.8) is 0 Å². The molecule has 2 aromatic heterocycles. The van der Waals surface area contributed by atoms with Crippen LogP contribution in [-0.2, 0) is 4.79 Å². The zero-order valence-electron chi connectivity index (χ0n) is 16.5. The maximum absolute atomic E-state index is 12.3. The monoisotopic (exact) mass is 376 g/mol. The first kappa shape index (κ1) is 18.2. The van der Waals surface area contributed by atoms with Crippen LogP contribution >= 0.6 is 0 Å². The predicted molar refractivity (Wildman–Crippen MR) is 109 cm³/mol. The van der Waals surface area contributed by atoms with Gasteiger partial charge in [-0.1, -0.05) is 0 Å². The molecule has 1 amide bonds. The van der Waals surface area contributed by atoms with E-state index in [0.29, 0.717) is 5.95 Å². The van der Waals surface area contributed by atoms with Crippen molar-refractivity contribution < 1.29 is 4.79 Å². The fourth-order valence-electron chi connectivity index (χ4n) is 3.81. The van der Waals surface area contributed by atoms with Gasteiger partial charge in [-0.3, -0.25) is 4.79 Å². The van der Waals surface area contributed by atoms with E-state index >= 15 is 0 Å². The number of nitrogens with one attached hydrogen (secondary N) is 1. The lowest BCUT2D eigenvalue weighted by Gasteiger charge is -2.39. The van der Waals surface area contributed by atoms with Crippen LogP contribution in [0.1, 0.15) is 43.1 Å². The Balaban J connectivity index is 1.77. The zero-order valence-corrected chi connectivity index (χ0v) is 16.5. The first-order valence-electron chi connectivity index (χ1n) is 9.42. The third kappa shape index (κ3) is 3.35. The number of aromatic nitrogens is 4. The van der Waals surface area contributed by atoms with Gasteiger partial charge in [-0.2, -0.15) is 0 Å². The summed E-state index contributed by atoms with van der Waals surface area (Å²) in [6.07, 6.45) is 8.17. The maximum atomic E-state index is 12.3. The molecule has 0 spiro atoms. The number of carbonyl (C=O) groups excluding carboxylic acids is 1. The quantitative estimate of drug-likeness (QED) is 0.756. The Morgan fingerprint density at radius 3 is 2.57 bits per heavy atom. The van der Waals surface area contributed by atoms with E-state index in [2.05, 4.69) is 33.3 Å². The van der Waals surface area contributed by atoms with E-state index in [1.807, 2.05) is 41.6 Å². The van der Waals surface area contributed by atoms with Crippen LogP contribution in [0.2, 0.25) is 0 Å². The van der Waals surface area contributed by atoms with E-state index in [1.54, 1.807) is 25.6 Å². The van der Waals surface area contributed by atoms with Gasteiger partial charge in [0.05, 0.1) is 18.1 Å². The lowest BCUT2D eigenvalue weighted by atomic mass is 9.91. The van der Waals surface area contributed by atoms with E-state index < -0.39 is 0 Å². The van der Waals surface area contributed by atoms with E-state index in [4.69, 9.17) is 0 Å². The Morgan fingerprint density at radius 2 is 1.93 bits per heavy atom. The summed E-state index contributed by atoms with van der Waals surface area (Å²) in [6, 6.07) is 6.24. The Bertz CT molecular complexity index is 1010. The van der Waals surface area contributed by atoms with Gasteiger partial charge in [0, 0.05) is 48.5 Å². The number of anilines is 2. The van der Waals surface area contributed by atoms with E-state index in [-0.39, 0.29) is 18.0 Å². The van der Waals surface area contributed by atoms with E-state index in [9.17, 15) is 4.79 Å². The number of rotatable bonds is 3. The number of carbonyl (C=O) groups is 1. The van der Waals surface area contributed by atoms with E-state index in [0.717, 1.165) is 34.6 Å². The largest absolute Gasteiger partial charge is 0.347 e. The summed E-state index contributed by atoms with van der Waals surface area (Å²) in [5, 5.41) is 3.45. The molecule has 0 unspecified atom stereocenters. The summed E-state index contributed by atoms with van der Waals surface area (Å²) in [4.78, 5) is 27.3. The number of hydrogen-bond donors (Lipinski definition) is 1. The van der Waals surface area contributed by atoms with Gasteiger partial charge < -0.3 is 14.8 Å². The summed E-state index contributed by atoms with van der Waals surface area (Å²) in [5.41, 5.74) is 4.97. The Morgan fingerprint density at radius 1 is 1.18 bits per heavy atom. The van der Waals surface area contributed by atoms with Crippen LogP contribution in [0.25, 0.3) is 5.69 Å². The number of aryl methyl sites for hydroxylation is 2. The molecule has 28 heavy (non-hydrogen) atoms. The van der Waals surface area contributed by atoms with Crippen LogP contribution in [0.15, 0.2) is 43.1 Å². The van der Waals surface area contributed by atoms with Crippen LogP contribution in [0, 0.1) is 13.8 Å². The molecule has 3 heterocycles. The first-order chi connectivity index (χ1) is 13.4. The van der Waals surface area contributed by atoms with Crippen molar-refractivity contribution in [2.24, 2.45) is 0 Å². The van der Waals surface area contributed by atoms with Crippen molar-refractivity contribution in [2.75, 3.05) is 10.2 Å². The van der Waals surface area contributed by atoms with Gasteiger partial charge in [-0.05, 0) is 51.0 Å². The second-order valence-corrected chi connectivity index (χ2v) is 7.42. The minimum atomic E-state index is 0.00729. The molecule has 3 aromatic rings. The molecule has 1 aliphatic rings. The molecular weight excluding hydrogens is 352 g/mol. The minimum absolute atomic E-state index is 0.00729.